The molecule has 0 aromatic carbocycles. The van der Waals surface area contributed by atoms with E-state index in [1.807, 2.05) is 13.0 Å². The molecule has 116 valence electrons. The molecule has 0 spiro atoms. The van der Waals surface area contributed by atoms with E-state index in [0.29, 0.717) is 12.2 Å². The van der Waals surface area contributed by atoms with Crippen LogP contribution in [0.3, 0.4) is 0 Å². The van der Waals surface area contributed by atoms with E-state index in [2.05, 4.69) is 20.6 Å². The van der Waals surface area contributed by atoms with Crippen molar-refractivity contribution in [1.82, 2.24) is 9.97 Å². The Hall–Kier alpha value is -1.40. The van der Waals surface area contributed by atoms with Crippen LogP contribution in [-0.4, -0.2) is 48.5 Å². The first-order valence-electron chi connectivity index (χ1n) is 7.86. The summed E-state index contributed by atoms with van der Waals surface area (Å²) < 4.78 is 11.2. The summed E-state index contributed by atoms with van der Waals surface area (Å²) in [5.41, 5.74) is 0. The van der Waals surface area contributed by atoms with Gasteiger partial charge in [-0.15, -0.1) is 0 Å². The van der Waals surface area contributed by atoms with Gasteiger partial charge < -0.3 is 20.1 Å². The summed E-state index contributed by atoms with van der Waals surface area (Å²) in [5.74, 6) is 2.47. The van der Waals surface area contributed by atoms with Crippen molar-refractivity contribution < 1.29 is 9.47 Å². The van der Waals surface area contributed by atoms with Crippen LogP contribution in [0, 0.1) is 6.92 Å². The second-order valence-electron chi connectivity index (χ2n) is 5.72. The number of nitrogens with one attached hydrogen (secondary N) is 2. The van der Waals surface area contributed by atoms with E-state index in [9.17, 15) is 0 Å². The predicted octanol–water partition coefficient (Wildman–Crippen LogP) is 1.97. The highest BCUT2D eigenvalue weighted by atomic mass is 16.5. The van der Waals surface area contributed by atoms with Crippen molar-refractivity contribution in [1.29, 1.82) is 0 Å². The van der Waals surface area contributed by atoms with Gasteiger partial charge in [0, 0.05) is 32.4 Å². The fourth-order valence-corrected chi connectivity index (χ4v) is 2.80. The third kappa shape index (κ3) is 4.28. The van der Waals surface area contributed by atoms with Crippen molar-refractivity contribution >= 4 is 11.6 Å². The van der Waals surface area contributed by atoms with Gasteiger partial charge in [0.1, 0.15) is 17.5 Å². The Morgan fingerprint density at radius 2 is 1.52 bits per heavy atom. The smallest absolute Gasteiger partial charge is 0.131 e. The largest absolute Gasteiger partial charge is 0.376 e. The molecule has 2 fully saturated rings. The lowest BCUT2D eigenvalue weighted by molar-refractivity contribution is 0.120. The molecule has 0 aliphatic carbocycles. The van der Waals surface area contributed by atoms with E-state index in [4.69, 9.17) is 9.47 Å². The molecule has 0 bridgehead atoms. The zero-order valence-electron chi connectivity index (χ0n) is 12.6. The third-order valence-electron chi connectivity index (χ3n) is 3.91. The Bertz CT molecular complexity index is 419. The van der Waals surface area contributed by atoms with Gasteiger partial charge in [0.15, 0.2) is 0 Å². The van der Waals surface area contributed by atoms with Crippen LogP contribution >= 0.6 is 0 Å². The molecule has 2 atom stereocenters. The summed E-state index contributed by atoms with van der Waals surface area (Å²) in [7, 11) is 0. The molecule has 2 saturated heterocycles. The van der Waals surface area contributed by atoms with Crippen LogP contribution in [0.2, 0.25) is 0 Å². The van der Waals surface area contributed by atoms with E-state index >= 15 is 0 Å². The maximum Gasteiger partial charge on any atom is 0.131 e. The van der Waals surface area contributed by atoms with E-state index in [1.165, 1.54) is 0 Å². The van der Waals surface area contributed by atoms with Gasteiger partial charge in [0.05, 0.1) is 12.2 Å². The van der Waals surface area contributed by atoms with Crippen molar-refractivity contribution in [3.05, 3.63) is 11.9 Å². The number of nitrogens with zero attached hydrogens (tertiary/aromatic N) is 2. The molecule has 0 radical (unpaired) electrons. The molecular weight excluding hydrogens is 268 g/mol. The lowest BCUT2D eigenvalue weighted by atomic mass is 10.2. The molecule has 2 unspecified atom stereocenters. The first kappa shape index (κ1) is 14.5. The molecule has 1 aromatic heterocycles. The quantitative estimate of drug-likeness (QED) is 0.835. The number of hydrogen-bond acceptors (Lipinski definition) is 6. The molecule has 2 aliphatic rings. The number of anilines is 2. The summed E-state index contributed by atoms with van der Waals surface area (Å²) in [6.45, 7) is 5.28. The SMILES string of the molecule is Cc1nc(NCC2CCCO2)cc(NCC2CCCO2)n1. The second kappa shape index (κ2) is 7.04. The van der Waals surface area contributed by atoms with Crippen LogP contribution in [0.4, 0.5) is 11.6 Å². The van der Waals surface area contributed by atoms with E-state index in [-0.39, 0.29) is 0 Å². The van der Waals surface area contributed by atoms with Gasteiger partial charge in [-0.2, -0.15) is 0 Å². The molecule has 3 heterocycles. The average molecular weight is 292 g/mol. The normalized spacial score (nSPS) is 25.2. The molecule has 3 rings (SSSR count). The lowest BCUT2D eigenvalue weighted by Crippen LogP contribution is -2.21. The van der Waals surface area contributed by atoms with Gasteiger partial charge in [0.2, 0.25) is 0 Å². The maximum absolute atomic E-state index is 5.61. The van der Waals surface area contributed by atoms with E-state index in [1.54, 1.807) is 0 Å². The molecule has 6 heteroatoms. The minimum absolute atomic E-state index is 0.309. The zero-order chi connectivity index (χ0) is 14.5. The summed E-state index contributed by atoms with van der Waals surface area (Å²) in [5, 5.41) is 6.70. The second-order valence-corrected chi connectivity index (χ2v) is 5.72. The first-order chi connectivity index (χ1) is 10.3. The van der Waals surface area contributed by atoms with Crippen LogP contribution in [0.5, 0.6) is 0 Å². The van der Waals surface area contributed by atoms with Crippen LogP contribution in [-0.2, 0) is 9.47 Å². The predicted molar refractivity (Wildman–Crippen MR) is 81.7 cm³/mol. The molecule has 2 aliphatic heterocycles. The maximum atomic E-state index is 5.61. The summed E-state index contributed by atoms with van der Waals surface area (Å²) in [4.78, 5) is 8.85. The lowest BCUT2D eigenvalue weighted by Gasteiger charge is -2.14. The van der Waals surface area contributed by atoms with Gasteiger partial charge in [-0.3, -0.25) is 0 Å². The van der Waals surface area contributed by atoms with E-state index in [0.717, 1.165) is 69.4 Å². The van der Waals surface area contributed by atoms with Gasteiger partial charge in [-0.25, -0.2) is 9.97 Å². The van der Waals surface area contributed by atoms with Crippen molar-refractivity contribution in [3.8, 4) is 0 Å². The van der Waals surface area contributed by atoms with Gasteiger partial charge in [0.25, 0.3) is 0 Å². The molecule has 2 N–H and O–H groups in total. The Kier molecular flexibility index (Phi) is 4.87. The van der Waals surface area contributed by atoms with Crippen LogP contribution in [0.15, 0.2) is 6.07 Å². The highest BCUT2D eigenvalue weighted by Gasteiger charge is 2.16. The Balaban J connectivity index is 1.53. The Morgan fingerprint density at radius 3 is 1.95 bits per heavy atom. The minimum atomic E-state index is 0.309. The zero-order valence-corrected chi connectivity index (χ0v) is 12.6. The third-order valence-corrected chi connectivity index (χ3v) is 3.91. The van der Waals surface area contributed by atoms with Gasteiger partial charge in [-0.05, 0) is 32.6 Å². The number of rotatable bonds is 6. The van der Waals surface area contributed by atoms with Crippen LogP contribution in [0.1, 0.15) is 31.5 Å². The van der Waals surface area contributed by atoms with Crippen molar-refractivity contribution in [3.63, 3.8) is 0 Å². The molecule has 0 amide bonds. The monoisotopic (exact) mass is 292 g/mol. The fourth-order valence-electron chi connectivity index (χ4n) is 2.80. The summed E-state index contributed by atoms with van der Waals surface area (Å²) in [6, 6.07) is 1.96. The molecule has 1 aromatic rings. The van der Waals surface area contributed by atoms with Crippen LogP contribution < -0.4 is 10.6 Å². The highest BCUT2D eigenvalue weighted by Crippen LogP contribution is 2.16. The number of hydrogen-bond donors (Lipinski definition) is 2. The van der Waals surface area contributed by atoms with Gasteiger partial charge in [-0.1, -0.05) is 0 Å². The highest BCUT2D eigenvalue weighted by molar-refractivity contribution is 5.47. The standard InChI is InChI=1S/C15H24N4O2/c1-11-18-14(16-9-12-4-2-6-20-12)8-15(19-11)17-10-13-5-3-7-21-13/h8,12-13H,2-7,9-10H2,1H3,(H2,16,17,18,19). The first-order valence-corrected chi connectivity index (χ1v) is 7.86. The Labute approximate surface area is 125 Å². The number of aryl methyl sites for hydroxylation is 1. The molecular formula is C15H24N4O2. The van der Waals surface area contributed by atoms with Crippen molar-refractivity contribution in [2.45, 2.75) is 44.8 Å². The van der Waals surface area contributed by atoms with E-state index < -0.39 is 0 Å². The number of aromatic nitrogens is 2. The van der Waals surface area contributed by atoms with Crippen molar-refractivity contribution in [2.75, 3.05) is 36.9 Å². The minimum Gasteiger partial charge on any atom is -0.376 e. The summed E-state index contributed by atoms with van der Waals surface area (Å²) >= 11 is 0. The number of ether oxygens (including phenoxy) is 2. The van der Waals surface area contributed by atoms with Crippen LogP contribution in [0.25, 0.3) is 0 Å². The topological polar surface area (TPSA) is 68.3 Å². The van der Waals surface area contributed by atoms with Crippen molar-refractivity contribution in [2.24, 2.45) is 0 Å². The molecule has 6 nitrogen and oxygen atoms in total. The molecule has 0 saturated carbocycles. The van der Waals surface area contributed by atoms with Gasteiger partial charge >= 0.3 is 0 Å². The average Bonchev–Trinajstić information content (AvgIpc) is 3.16. The molecule has 21 heavy (non-hydrogen) atoms. The Morgan fingerprint density at radius 1 is 1.00 bits per heavy atom. The fraction of sp³-hybridized carbons (Fsp3) is 0.733. The summed E-state index contributed by atoms with van der Waals surface area (Å²) in [6.07, 6.45) is 5.18.